The molecule has 1 aromatic carbocycles. The van der Waals surface area contributed by atoms with Gasteiger partial charge in [-0.3, -0.25) is 4.79 Å². The minimum atomic E-state index is -0.0641. The van der Waals surface area contributed by atoms with Crippen LogP contribution in [0.4, 0.5) is 5.69 Å². The van der Waals surface area contributed by atoms with Crippen LogP contribution in [0.1, 0.15) is 12.8 Å². The van der Waals surface area contributed by atoms with Crippen molar-refractivity contribution < 1.29 is 14.6 Å². The molecule has 1 heterocycles. The van der Waals surface area contributed by atoms with E-state index in [-0.39, 0.29) is 17.6 Å². The van der Waals surface area contributed by atoms with Gasteiger partial charge >= 0.3 is 0 Å². The average molecular weight is 250 g/mol. The Hall–Kier alpha value is -1.75. The topological polar surface area (TPSA) is 70.6 Å². The number of anilines is 1. The van der Waals surface area contributed by atoms with Crippen LogP contribution in [0.3, 0.4) is 0 Å². The second kappa shape index (κ2) is 5.73. The number of nitrogens with one attached hydrogen (secondary N) is 2. The maximum atomic E-state index is 12.0. The van der Waals surface area contributed by atoms with E-state index in [0.29, 0.717) is 18.0 Å². The third kappa shape index (κ3) is 2.92. The van der Waals surface area contributed by atoms with Crippen LogP contribution in [0.25, 0.3) is 0 Å². The van der Waals surface area contributed by atoms with Crippen molar-refractivity contribution in [2.24, 2.45) is 5.92 Å². The molecule has 0 unspecified atom stereocenters. The van der Waals surface area contributed by atoms with Crippen molar-refractivity contribution in [3.8, 4) is 11.5 Å². The van der Waals surface area contributed by atoms with Crippen molar-refractivity contribution >= 4 is 11.6 Å². The van der Waals surface area contributed by atoms with Crippen molar-refractivity contribution in [1.29, 1.82) is 0 Å². The Balaban J connectivity index is 2.05. The molecule has 18 heavy (non-hydrogen) atoms. The summed E-state index contributed by atoms with van der Waals surface area (Å²) in [6.45, 7) is 1.66. The summed E-state index contributed by atoms with van der Waals surface area (Å²) in [5.74, 6) is 0.549. The van der Waals surface area contributed by atoms with Crippen LogP contribution in [0.2, 0.25) is 0 Å². The zero-order valence-corrected chi connectivity index (χ0v) is 10.4. The fraction of sp³-hybridized carbons (Fsp3) is 0.462. The van der Waals surface area contributed by atoms with Gasteiger partial charge in [0.05, 0.1) is 18.7 Å². The summed E-state index contributed by atoms with van der Waals surface area (Å²) in [5.41, 5.74) is 0.393. The van der Waals surface area contributed by atoms with Crippen molar-refractivity contribution in [3.63, 3.8) is 0 Å². The summed E-state index contributed by atoms with van der Waals surface area (Å²) < 4.78 is 5.06. The van der Waals surface area contributed by atoms with Crippen LogP contribution in [-0.2, 0) is 4.79 Å². The first-order valence-electron chi connectivity index (χ1n) is 6.09. The normalized spacial score (nSPS) is 19.3. The number of rotatable bonds is 3. The molecule has 1 aromatic rings. The number of aromatic hydroxyl groups is 1. The van der Waals surface area contributed by atoms with Gasteiger partial charge in [-0.1, -0.05) is 0 Å². The standard InChI is InChI=1S/C13H18N2O3/c1-18-10-4-5-12(16)11(7-10)15-13(17)9-3-2-6-14-8-9/h4-5,7,9,14,16H,2-3,6,8H2,1H3,(H,15,17)/t9-/m0/s1. The smallest absolute Gasteiger partial charge is 0.228 e. The number of amides is 1. The van der Waals surface area contributed by atoms with Crippen molar-refractivity contribution in [3.05, 3.63) is 18.2 Å². The molecule has 0 aliphatic carbocycles. The number of hydrogen-bond acceptors (Lipinski definition) is 4. The highest BCUT2D eigenvalue weighted by Gasteiger charge is 2.21. The molecule has 0 spiro atoms. The maximum absolute atomic E-state index is 12.0. The SMILES string of the molecule is COc1ccc(O)c(NC(=O)[C@H]2CCCNC2)c1. The number of phenols is 1. The molecule has 1 fully saturated rings. The van der Waals surface area contributed by atoms with Crippen LogP contribution in [0.5, 0.6) is 11.5 Å². The molecule has 1 aliphatic heterocycles. The zero-order chi connectivity index (χ0) is 13.0. The predicted molar refractivity (Wildman–Crippen MR) is 68.9 cm³/mol. The number of phenolic OH excluding ortho intramolecular Hbond substituents is 1. The van der Waals surface area contributed by atoms with Gasteiger partial charge in [-0.05, 0) is 31.5 Å². The molecule has 0 radical (unpaired) electrons. The fourth-order valence-corrected chi connectivity index (χ4v) is 2.05. The Labute approximate surface area is 106 Å². The van der Waals surface area contributed by atoms with Crippen LogP contribution in [0, 0.1) is 5.92 Å². The van der Waals surface area contributed by atoms with E-state index in [9.17, 15) is 9.90 Å². The molecule has 98 valence electrons. The highest BCUT2D eigenvalue weighted by molar-refractivity contribution is 5.94. The lowest BCUT2D eigenvalue weighted by Gasteiger charge is -2.22. The highest BCUT2D eigenvalue weighted by atomic mass is 16.5. The Bertz CT molecular complexity index is 428. The van der Waals surface area contributed by atoms with E-state index in [1.165, 1.54) is 6.07 Å². The van der Waals surface area contributed by atoms with E-state index < -0.39 is 0 Å². The van der Waals surface area contributed by atoms with Crippen molar-refractivity contribution in [2.45, 2.75) is 12.8 Å². The monoisotopic (exact) mass is 250 g/mol. The number of piperidine rings is 1. The summed E-state index contributed by atoms with van der Waals surface area (Å²) in [6, 6.07) is 4.77. The molecular formula is C13H18N2O3. The maximum Gasteiger partial charge on any atom is 0.228 e. The Morgan fingerprint density at radius 1 is 1.56 bits per heavy atom. The second-order valence-electron chi connectivity index (χ2n) is 4.42. The molecular weight excluding hydrogens is 232 g/mol. The van der Waals surface area contributed by atoms with Gasteiger partial charge in [-0.2, -0.15) is 0 Å². The molecule has 5 nitrogen and oxygen atoms in total. The van der Waals surface area contributed by atoms with Crippen LogP contribution in [-0.4, -0.2) is 31.2 Å². The third-order valence-corrected chi connectivity index (χ3v) is 3.13. The number of carbonyl (C=O) groups excluding carboxylic acids is 1. The minimum Gasteiger partial charge on any atom is -0.506 e. The van der Waals surface area contributed by atoms with E-state index in [1.54, 1.807) is 19.2 Å². The van der Waals surface area contributed by atoms with Crippen LogP contribution in [0.15, 0.2) is 18.2 Å². The van der Waals surface area contributed by atoms with Gasteiger partial charge in [0.1, 0.15) is 11.5 Å². The van der Waals surface area contributed by atoms with Gasteiger partial charge in [-0.25, -0.2) is 0 Å². The minimum absolute atomic E-state index is 0.0376. The molecule has 0 aromatic heterocycles. The van der Waals surface area contributed by atoms with Crippen molar-refractivity contribution in [2.75, 3.05) is 25.5 Å². The lowest BCUT2D eigenvalue weighted by Crippen LogP contribution is -2.37. The van der Waals surface area contributed by atoms with E-state index in [0.717, 1.165) is 19.4 Å². The summed E-state index contributed by atoms with van der Waals surface area (Å²) in [4.78, 5) is 12.0. The van der Waals surface area contributed by atoms with E-state index >= 15 is 0 Å². The predicted octanol–water partition coefficient (Wildman–Crippen LogP) is 1.34. The lowest BCUT2D eigenvalue weighted by molar-refractivity contribution is -0.120. The first-order valence-corrected chi connectivity index (χ1v) is 6.09. The summed E-state index contributed by atoms with van der Waals surface area (Å²) in [5, 5.41) is 15.6. The summed E-state index contributed by atoms with van der Waals surface area (Å²) >= 11 is 0. The fourth-order valence-electron chi connectivity index (χ4n) is 2.05. The number of methoxy groups -OCH3 is 1. The average Bonchev–Trinajstić information content (AvgIpc) is 2.42. The molecule has 3 N–H and O–H groups in total. The second-order valence-corrected chi connectivity index (χ2v) is 4.42. The van der Waals surface area contributed by atoms with Gasteiger partial charge in [0.15, 0.2) is 0 Å². The Morgan fingerprint density at radius 2 is 2.39 bits per heavy atom. The molecule has 0 saturated carbocycles. The van der Waals surface area contributed by atoms with Gasteiger partial charge in [0.25, 0.3) is 0 Å². The first kappa shape index (κ1) is 12.7. The van der Waals surface area contributed by atoms with E-state index in [4.69, 9.17) is 4.74 Å². The summed E-state index contributed by atoms with van der Waals surface area (Å²) in [7, 11) is 1.54. The molecule has 1 aliphatic rings. The van der Waals surface area contributed by atoms with E-state index in [1.807, 2.05) is 0 Å². The molecule has 1 amide bonds. The summed E-state index contributed by atoms with van der Waals surface area (Å²) in [6.07, 6.45) is 1.88. The number of carbonyl (C=O) groups is 1. The molecule has 1 saturated heterocycles. The molecule has 0 bridgehead atoms. The molecule has 1 atom stereocenters. The zero-order valence-electron chi connectivity index (χ0n) is 10.4. The van der Waals surface area contributed by atoms with Gasteiger partial charge in [0, 0.05) is 12.6 Å². The number of benzene rings is 1. The quantitative estimate of drug-likeness (QED) is 0.708. The van der Waals surface area contributed by atoms with E-state index in [2.05, 4.69) is 10.6 Å². The molecule has 5 heteroatoms. The number of ether oxygens (including phenoxy) is 1. The van der Waals surface area contributed by atoms with Gasteiger partial charge < -0.3 is 20.5 Å². The largest absolute Gasteiger partial charge is 0.506 e. The highest BCUT2D eigenvalue weighted by Crippen LogP contribution is 2.28. The lowest BCUT2D eigenvalue weighted by atomic mass is 9.99. The molecule has 2 rings (SSSR count). The Morgan fingerprint density at radius 3 is 3.06 bits per heavy atom. The first-order chi connectivity index (χ1) is 8.70. The van der Waals surface area contributed by atoms with Gasteiger partial charge in [-0.15, -0.1) is 0 Å². The van der Waals surface area contributed by atoms with Crippen LogP contribution < -0.4 is 15.4 Å². The third-order valence-electron chi connectivity index (χ3n) is 3.13. The van der Waals surface area contributed by atoms with Crippen molar-refractivity contribution in [1.82, 2.24) is 5.32 Å². The number of hydrogen-bond donors (Lipinski definition) is 3. The van der Waals surface area contributed by atoms with Crippen LogP contribution >= 0.6 is 0 Å². The van der Waals surface area contributed by atoms with Gasteiger partial charge in [0.2, 0.25) is 5.91 Å². The Kier molecular flexibility index (Phi) is 4.04.